The quantitative estimate of drug-likeness (QED) is 0.408. The maximum atomic E-state index is 13.5. The summed E-state index contributed by atoms with van der Waals surface area (Å²) in [7, 11) is 3.37. The van der Waals surface area contributed by atoms with Crippen molar-refractivity contribution in [1.82, 2.24) is 4.31 Å². The van der Waals surface area contributed by atoms with E-state index in [1.54, 1.807) is 26.4 Å². The van der Waals surface area contributed by atoms with Gasteiger partial charge in [0.2, 0.25) is 10.0 Å². The van der Waals surface area contributed by atoms with Gasteiger partial charge in [0.1, 0.15) is 0 Å². The second-order valence-electron chi connectivity index (χ2n) is 7.79. The molecule has 0 fully saturated rings. The van der Waals surface area contributed by atoms with Gasteiger partial charge >= 0.3 is 0 Å². The number of halogens is 1. The van der Waals surface area contributed by atoms with Gasteiger partial charge in [-0.25, -0.2) is 8.42 Å². The van der Waals surface area contributed by atoms with Gasteiger partial charge < -0.3 is 14.4 Å². The molecular formula is C25H29ClN2O4S. The van der Waals surface area contributed by atoms with Gasteiger partial charge in [0.15, 0.2) is 11.5 Å². The molecule has 3 aromatic rings. The van der Waals surface area contributed by atoms with Crippen LogP contribution in [0.2, 0.25) is 5.02 Å². The Balaban J connectivity index is 1.88. The lowest BCUT2D eigenvalue weighted by Gasteiger charge is -2.23. The summed E-state index contributed by atoms with van der Waals surface area (Å²) in [5, 5.41) is 0.491. The summed E-state index contributed by atoms with van der Waals surface area (Å²) in [5.41, 5.74) is 2.91. The molecule has 0 heterocycles. The minimum Gasteiger partial charge on any atom is -0.493 e. The fourth-order valence-corrected chi connectivity index (χ4v) is 4.99. The lowest BCUT2D eigenvalue weighted by atomic mass is 10.1. The number of anilines is 1. The molecule has 6 nitrogen and oxygen atoms in total. The molecule has 0 saturated carbocycles. The summed E-state index contributed by atoms with van der Waals surface area (Å²) >= 11 is 5.97. The van der Waals surface area contributed by atoms with E-state index in [2.05, 4.69) is 0 Å². The van der Waals surface area contributed by atoms with Gasteiger partial charge in [0, 0.05) is 37.9 Å². The Bertz CT molecular complexity index is 1160. The van der Waals surface area contributed by atoms with E-state index in [1.807, 2.05) is 61.5 Å². The van der Waals surface area contributed by atoms with E-state index in [1.165, 1.54) is 16.4 Å². The zero-order chi connectivity index (χ0) is 24.0. The zero-order valence-corrected chi connectivity index (χ0v) is 20.9. The van der Waals surface area contributed by atoms with Crippen molar-refractivity contribution in [1.29, 1.82) is 0 Å². The van der Waals surface area contributed by atoms with Crippen LogP contribution in [0.5, 0.6) is 11.5 Å². The maximum absolute atomic E-state index is 13.5. The molecule has 0 aliphatic heterocycles. The molecule has 3 aromatic carbocycles. The smallest absolute Gasteiger partial charge is 0.243 e. The van der Waals surface area contributed by atoms with Crippen molar-refractivity contribution in [3.05, 3.63) is 82.9 Å². The average molecular weight is 489 g/mol. The molecule has 3 rings (SSSR count). The monoisotopic (exact) mass is 488 g/mol. The molecule has 0 spiro atoms. The van der Waals surface area contributed by atoms with Crippen LogP contribution in [0.15, 0.2) is 71.6 Å². The van der Waals surface area contributed by atoms with E-state index in [4.69, 9.17) is 21.1 Å². The summed E-state index contributed by atoms with van der Waals surface area (Å²) in [4.78, 5) is 2.22. The molecule has 0 atom stereocenters. The Morgan fingerprint density at radius 2 is 1.42 bits per heavy atom. The highest BCUT2D eigenvalue weighted by Crippen LogP contribution is 2.28. The summed E-state index contributed by atoms with van der Waals surface area (Å²) in [5.74, 6) is 1.24. The molecule has 0 radical (unpaired) electrons. The van der Waals surface area contributed by atoms with Crippen LogP contribution in [0.4, 0.5) is 5.69 Å². The Kier molecular flexibility index (Phi) is 8.24. The topological polar surface area (TPSA) is 59.1 Å². The molecule has 0 N–H and O–H groups in total. The minimum atomic E-state index is -3.73. The van der Waals surface area contributed by atoms with Crippen LogP contribution in [-0.2, 0) is 23.0 Å². The van der Waals surface area contributed by atoms with Crippen molar-refractivity contribution in [3.63, 3.8) is 0 Å². The Hall–Kier alpha value is -2.74. The van der Waals surface area contributed by atoms with Crippen LogP contribution in [-0.4, -0.2) is 47.6 Å². The SMILES string of the molecule is COc1ccc(CCN(Cc2ccc(N(C)C)cc2)S(=O)(=O)c2ccc(Cl)cc2)cc1OC. The van der Waals surface area contributed by atoms with E-state index in [-0.39, 0.29) is 11.4 Å². The number of hydrogen-bond donors (Lipinski definition) is 0. The summed E-state index contributed by atoms with van der Waals surface area (Å²) in [6.45, 7) is 0.557. The first-order chi connectivity index (χ1) is 15.7. The van der Waals surface area contributed by atoms with Gasteiger partial charge in [-0.1, -0.05) is 29.8 Å². The molecular weight excluding hydrogens is 460 g/mol. The van der Waals surface area contributed by atoms with Crippen molar-refractivity contribution in [2.24, 2.45) is 0 Å². The fraction of sp³-hybridized carbons (Fsp3) is 0.280. The highest BCUT2D eigenvalue weighted by atomic mass is 35.5. The normalized spacial score (nSPS) is 11.5. The second-order valence-corrected chi connectivity index (χ2v) is 10.2. The number of ether oxygens (including phenoxy) is 2. The van der Waals surface area contributed by atoms with E-state index >= 15 is 0 Å². The molecule has 8 heteroatoms. The largest absolute Gasteiger partial charge is 0.493 e. The highest BCUT2D eigenvalue weighted by molar-refractivity contribution is 7.89. The molecule has 0 amide bonds. The summed E-state index contributed by atoms with van der Waals surface area (Å²) < 4.78 is 39.2. The van der Waals surface area contributed by atoms with Crippen LogP contribution >= 0.6 is 11.6 Å². The fourth-order valence-electron chi connectivity index (χ4n) is 3.43. The van der Waals surface area contributed by atoms with Gasteiger partial charge in [0.25, 0.3) is 0 Å². The van der Waals surface area contributed by atoms with Crippen molar-refractivity contribution >= 4 is 27.3 Å². The van der Waals surface area contributed by atoms with Gasteiger partial charge in [-0.2, -0.15) is 4.31 Å². The lowest BCUT2D eigenvalue weighted by molar-refractivity contribution is 0.354. The number of benzene rings is 3. The van der Waals surface area contributed by atoms with Crippen LogP contribution in [0.25, 0.3) is 0 Å². The van der Waals surface area contributed by atoms with Crippen molar-refractivity contribution in [2.45, 2.75) is 17.9 Å². The first-order valence-corrected chi connectivity index (χ1v) is 12.3. The third-order valence-electron chi connectivity index (χ3n) is 5.36. The minimum absolute atomic E-state index is 0.212. The molecule has 176 valence electrons. The Morgan fingerprint density at radius 1 is 0.818 bits per heavy atom. The predicted octanol–water partition coefficient (Wildman–Crippen LogP) is 4.86. The highest BCUT2D eigenvalue weighted by Gasteiger charge is 2.25. The maximum Gasteiger partial charge on any atom is 0.243 e. The summed E-state index contributed by atoms with van der Waals surface area (Å²) in [6, 6.07) is 19.7. The summed E-state index contributed by atoms with van der Waals surface area (Å²) in [6.07, 6.45) is 0.517. The van der Waals surface area contributed by atoms with Crippen LogP contribution < -0.4 is 14.4 Å². The molecule has 0 saturated heterocycles. The number of hydrogen-bond acceptors (Lipinski definition) is 5. The molecule has 0 bridgehead atoms. The molecule has 0 unspecified atom stereocenters. The van der Waals surface area contributed by atoms with Gasteiger partial charge in [-0.05, 0) is 66.1 Å². The third kappa shape index (κ3) is 6.19. The lowest BCUT2D eigenvalue weighted by Crippen LogP contribution is -2.32. The van der Waals surface area contributed by atoms with E-state index in [0.717, 1.165) is 16.8 Å². The van der Waals surface area contributed by atoms with Gasteiger partial charge in [-0.3, -0.25) is 0 Å². The van der Waals surface area contributed by atoms with Gasteiger partial charge in [-0.15, -0.1) is 0 Å². The molecule has 33 heavy (non-hydrogen) atoms. The van der Waals surface area contributed by atoms with Crippen molar-refractivity contribution in [3.8, 4) is 11.5 Å². The Morgan fingerprint density at radius 3 is 2.00 bits per heavy atom. The average Bonchev–Trinajstić information content (AvgIpc) is 2.82. The Labute approximate surface area is 201 Å². The zero-order valence-electron chi connectivity index (χ0n) is 19.3. The van der Waals surface area contributed by atoms with Crippen LogP contribution in [0, 0.1) is 0 Å². The molecule has 0 aromatic heterocycles. The molecule has 0 aliphatic rings. The van der Waals surface area contributed by atoms with Crippen molar-refractivity contribution < 1.29 is 17.9 Å². The van der Waals surface area contributed by atoms with Crippen molar-refractivity contribution in [2.75, 3.05) is 39.8 Å². The number of rotatable bonds is 10. The standard InChI is InChI=1S/C25H29ClN2O4S/c1-27(2)22-10-5-20(6-11-22)18-28(33(29,30)23-12-8-21(26)9-13-23)16-15-19-7-14-24(31-3)25(17-19)32-4/h5-14,17H,15-16,18H2,1-4H3. The van der Waals surface area contributed by atoms with E-state index < -0.39 is 10.0 Å². The van der Waals surface area contributed by atoms with E-state index in [9.17, 15) is 8.42 Å². The van der Waals surface area contributed by atoms with Crippen LogP contribution in [0.3, 0.4) is 0 Å². The molecule has 0 aliphatic carbocycles. The second kappa shape index (κ2) is 10.9. The number of nitrogens with zero attached hydrogens (tertiary/aromatic N) is 2. The first kappa shape index (κ1) is 24.9. The van der Waals surface area contributed by atoms with E-state index in [0.29, 0.717) is 29.5 Å². The van der Waals surface area contributed by atoms with Crippen LogP contribution in [0.1, 0.15) is 11.1 Å². The predicted molar refractivity (Wildman–Crippen MR) is 133 cm³/mol. The number of methoxy groups -OCH3 is 2. The third-order valence-corrected chi connectivity index (χ3v) is 7.47. The number of sulfonamides is 1. The van der Waals surface area contributed by atoms with Gasteiger partial charge in [0.05, 0.1) is 19.1 Å². The first-order valence-electron chi connectivity index (χ1n) is 10.5.